The van der Waals surface area contributed by atoms with Crippen LogP contribution in [0.4, 0.5) is 15.8 Å². The fourth-order valence-electron chi connectivity index (χ4n) is 2.81. The summed E-state index contributed by atoms with van der Waals surface area (Å²) in [4.78, 5) is 25.0. The normalized spacial score (nSPS) is 10.2. The van der Waals surface area contributed by atoms with Crippen LogP contribution in [0.2, 0.25) is 5.02 Å². The quantitative estimate of drug-likeness (QED) is 0.508. The summed E-state index contributed by atoms with van der Waals surface area (Å²) < 4.78 is 29.6. The topological polar surface area (TPSA) is 85.9 Å². The van der Waals surface area contributed by atoms with Crippen LogP contribution in [0, 0.1) is 5.82 Å². The molecule has 7 nitrogen and oxygen atoms in total. The van der Waals surface area contributed by atoms with Gasteiger partial charge in [0.15, 0.2) is 18.1 Å². The number of hydrogen-bond acceptors (Lipinski definition) is 5. The number of rotatable bonds is 8. The van der Waals surface area contributed by atoms with Crippen LogP contribution in [0.5, 0.6) is 17.2 Å². The minimum atomic E-state index is -0.576. The molecule has 0 aliphatic rings. The number of ether oxygens (including phenoxy) is 3. The summed E-state index contributed by atoms with van der Waals surface area (Å²) in [5.74, 6) is -0.670. The Morgan fingerprint density at radius 3 is 2.25 bits per heavy atom. The number of para-hydroxylation sites is 2. The molecule has 0 saturated carbocycles. The molecule has 32 heavy (non-hydrogen) atoms. The fraction of sp³-hybridized carbons (Fsp3) is 0.130. The zero-order chi connectivity index (χ0) is 23.1. The minimum Gasteiger partial charge on any atom is -0.493 e. The fourth-order valence-corrected chi connectivity index (χ4v) is 3.01. The smallest absolute Gasteiger partial charge is 0.262 e. The third kappa shape index (κ3) is 5.47. The highest BCUT2D eigenvalue weighted by molar-refractivity contribution is 6.34. The summed E-state index contributed by atoms with van der Waals surface area (Å²) in [6, 6.07) is 15.2. The molecule has 3 aromatic rings. The van der Waals surface area contributed by atoms with Crippen molar-refractivity contribution in [3.8, 4) is 17.2 Å². The molecule has 3 rings (SSSR count). The first-order chi connectivity index (χ1) is 15.4. The minimum absolute atomic E-state index is 0.0372. The van der Waals surface area contributed by atoms with Crippen molar-refractivity contribution in [3.05, 3.63) is 77.1 Å². The number of carbonyl (C=O) groups is 2. The van der Waals surface area contributed by atoms with Crippen molar-refractivity contribution in [2.45, 2.75) is 0 Å². The molecule has 0 radical (unpaired) electrons. The highest BCUT2D eigenvalue weighted by atomic mass is 35.5. The molecule has 166 valence electrons. The Morgan fingerprint density at radius 2 is 1.53 bits per heavy atom. The zero-order valence-corrected chi connectivity index (χ0v) is 18.0. The first-order valence-electron chi connectivity index (χ1n) is 9.42. The second-order valence-corrected chi connectivity index (χ2v) is 6.86. The number of benzene rings is 3. The van der Waals surface area contributed by atoms with Crippen LogP contribution in [-0.4, -0.2) is 32.6 Å². The van der Waals surface area contributed by atoms with E-state index in [-0.39, 0.29) is 22.0 Å². The maximum absolute atomic E-state index is 13.7. The molecule has 2 amide bonds. The van der Waals surface area contributed by atoms with E-state index in [1.807, 2.05) is 0 Å². The standard InChI is InChI=1S/C23H20ClFN2O5/c1-30-20-11-15(24)18(12-21(20)31-2)27-23(29)14-7-3-6-10-19(14)32-13-22(28)26-17-9-5-4-8-16(17)25/h3-12H,13H2,1-2H3,(H,26,28)(H,27,29). The molecule has 0 atom stereocenters. The Kier molecular flexibility index (Phi) is 7.51. The van der Waals surface area contributed by atoms with E-state index in [0.29, 0.717) is 17.2 Å². The third-order valence-corrected chi connectivity index (χ3v) is 4.67. The van der Waals surface area contributed by atoms with Gasteiger partial charge >= 0.3 is 0 Å². The van der Waals surface area contributed by atoms with Gasteiger partial charge in [0, 0.05) is 12.1 Å². The van der Waals surface area contributed by atoms with E-state index in [1.54, 1.807) is 24.3 Å². The van der Waals surface area contributed by atoms with Crippen LogP contribution >= 0.6 is 11.6 Å². The van der Waals surface area contributed by atoms with E-state index in [4.69, 9.17) is 25.8 Å². The van der Waals surface area contributed by atoms with Gasteiger partial charge in [0.25, 0.3) is 11.8 Å². The summed E-state index contributed by atoms with van der Waals surface area (Å²) in [6.45, 7) is -0.421. The first kappa shape index (κ1) is 22.9. The van der Waals surface area contributed by atoms with E-state index in [9.17, 15) is 14.0 Å². The van der Waals surface area contributed by atoms with E-state index < -0.39 is 24.2 Å². The second-order valence-electron chi connectivity index (χ2n) is 6.45. The lowest BCUT2D eigenvalue weighted by Gasteiger charge is -2.14. The van der Waals surface area contributed by atoms with Crippen LogP contribution in [0.15, 0.2) is 60.7 Å². The Balaban J connectivity index is 1.71. The van der Waals surface area contributed by atoms with E-state index in [0.717, 1.165) is 0 Å². The summed E-state index contributed by atoms with van der Waals surface area (Å²) in [5, 5.41) is 5.36. The number of carbonyl (C=O) groups excluding carboxylic acids is 2. The van der Waals surface area contributed by atoms with Crippen LogP contribution in [0.3, 0.4) is 0 Å². The van der Waals surface area contributed by atoms with Gasteiger partial charge in [-0.05, 0) is 24.3 Å². The molecule has 0 aromatic heterocycles. The largest absolute Gasteiger partial charge is 0.493 e. The first-order valence-corrected chi connectivity index (χ1v) is 9.79. The van der Waals surface area contributed by atoms with Crippen molar-refractivity contribution in [2.75, 3.05) is 31.5 Å². The van der Waals surface area contributed by atoms with Crippen LogP contribution in [-0.2, 0) is 4.79 Å². The summed E-state index contributed by atoms with van der Waals surface area (Å²) >= 11 is 6.24. The Morgan fingerprint density at radius 1 is 0.875 bits per heavy atom. The number of nitrogens with one attached hydrogen (secondary N) is 2. The molecule has 0 heterocycles. The van der Waals surface area contributed by atoms with Gasteiger partial charge in [-0.3, -0.25) is 9.59 Å². The van der Waals surface area contributed by atoms with Crippen LogP contribution < -0.4 is 24.8 Å². The number of anilines is 2. The van der Waals surface area contributed by atoms with Crippen molar-refractivity contribution in [2.24, 2.45) is 0 Å². The lowest BCUT2D eigenvalue weighted by Crippen LogP contribution is -2.22. The van der Waals surface area contributed by atoms with Crippen molar-refractivity contribution >= 4 is 34.8 Å². The average molecular weight is 459 g/mol. The van der Waals surface area contributed by atoms with Gasteiger partial charge < -0.3 is 24.8 Å². The Hall–Kier alpha value is -3.78. The van der Waals surface area contributed by atoms with E-state index in [1.165, 1.54) is 50.6 Å². The molecular weight excluding hydrogens is 439 g/mol. The number of halogens is 2. The molecule has 9 heteroatoms. The SMILES string of the molecule is COc1cc(Cl)c(NC(=O)c2ccccc2OCC(=O)Nc2ccccc2F)cc1OC. The molecule has 0 fully saturated rings. The molecule has 0 unspecified atom stereocenters. The third-order valence-electron chi connectivity index (χ3n) is 4.36. The lowest BCUT2D eigenvalue weighted by atomic mass is 10.1. The number of hydrogen-bond donors (Lipinski definition) is 2. The average Bonchev–Trinajstić information content (AvgIpc) is 2.80. The van der Waals surface area contributed by atoms with Crippen molar-refractivity contribution in [1.82, 2.24) is 0 Å². The lowest BCUT2D eigenvalue weighted by molar-refractivity contribution is -0.118. The molecule has 0 saturated heterocycles. The molecule has 0 bridgehead atoms. The van der Waals surface area contributed by atoms with Gasteiger partial charge in [-0.1, -0.05) is 35.9 Å². The van der Waals surface area contributed by atoms with E-state index >= 15 is 0 Å². The molecule has 0 spiro atoms. The second kappa shape index (κ2) is 10.5. The number of amides is 2. The monoisotopic (exact) mass is 458 g/mol. The summed E-state index contributed by atoms with van der Waals surface area (Å²) in [6.07, 6.45) is 0. The van der Waals surface area contributed by atoms with Gasteiger partial charge in [0.1, 0.15) is 11.6 Å². The molecule has 3 aromatic carbocycles. The Bertz CT molecular complexity index is 1140. The van der Waals surface area contributed by atoms with Crippen molar-refractivity contribution in [1.29, 1.82) is 0 Å². The molecular formula is C23H20ClFN2O5. The van der Waals surface area contributed by atoms with Gasteiger partial charge in [-0.2, -0.15) is 0 Å². The molecule has 0 aliphatic heterocycles. The maximum atomic E-state index is 13.7. The van der Waals surface area contributed by atoms with Crippen molar-refractivity contribution < 1.29 is 28.2 Å². The summed E-state index contributed by atoms with van der Waals surface area (Å²) in [7, 11) is 2.94. The number of methoxy groups -OCH3 is 2. The maximum Gasteiger partial charge on any atom is 0.262 e. The van der Waals surface area contributed by atoms with E-state index in [2.05, 4.69) is 10.6 Å². The zero-order valence-electron chi connectivity index (χ0n) is 17.3. The van der Waals surface area contributed by atoms with Gasteiger partial charge in [-0.15, -0.1) is 0 Å². The van der Waals surface area contributed by atoms with Gasteiger partial charge in [-0.25, -0.2) is 4.39 Å². The van der Waals surface area contributed by atoms with Crippen LogP contribution in [0.25, 0.3) is 0 Å². The van der Waals surface area contributed by atoms with Gasteiger partial charge in [0.05, 0.1) is 36.2 Å². The summed E-state index contributed by atoms with van der Waals surface area (Å²) in [5.41, 5.74) is 0.522. The highest BCUT2D eigenvalue weighted by Crippen LogP contribution is 2.36. The predicted octanol–water partition coefficient (Wildman–Crippen LogP) is 4.77. The van der Waals surface area contributed by atoms with Crippen LogP contribution in [0.1, 0.15) is 10.4 Å². The molecule has 2 N–H and O–H groups in total. The van der Waals surface area contributed by atoms with Gasteiger partial charge in [0.2, 0.25) is 0 Å². The van der Waals surface area contributed by atoms with Crippen molar-refractivity contribution in [3.63, 3.8) is 0 Å². The molecule has 0 aliphatic carbocycles. The highest BCUT2D eigenvalue weighted by Gasteiger charge is 2.17. The predicted molar refractivity (Wildman–Crippen MR) is 119 cm³/mol. The Labute approximate surface area is 189 Å².